The van der Waals surface area contributed by atoms with E-state index in [4.69, 9.17) is 9.72 Å². The van der Waals surface area contributed by atoms with Gasteiger partial charge in [0.2, 0.25) is 0 Å². The number of anilines is 2. The second kappa shape index (κ2) is 6.83. The molecule has 5 rings (SSSR count). The largest absolute Gasteiger partial charge is 0.490 e. The fraction of sp³-hybridized carbons (Fsp3) is 0.500. The second-order valence-electron chi connectivity index (χ2n) is 8.90. The van der Waals surface area contributed by atoms with Crippen LogP contribution in [0.4, 0.5) is 10.8 Å². The molecule has 1 amide bonds. The predicted octanol–water partition coefficient (Wildman–Crippen LogP) is 4.06. The number of hydrogen-bond acceptors (Lipinski definition) is 6. The fourth-order valence-corrected chi connectivity index (χ4v) is 5.54. The molecule has 6 nitrogen and oxygen atoms in total. The molecule has 1 aromatic carbocycles. The van der Waals surface area contributed by atoms with Crippen molar-refractivity contribution in [1.29, 1.82) is 0 Å². The van der Waals surface area contributed by atoms with Gasteiger partial charge in [-0.25, -0.2) is 4.98 Å². The second-order valence-corrected chi connectivity index (χ2v) is 9.87. The smallest absolute Gasteiger partial charge is 0.253 e. The maximum absolute atomic E-state index is 12.7. The Hall–Kier alpha value is -2.41. The zero-order chi connectivity index (χ0) is 20.2. The van der Waals surface area contributed by atoms with E-state index in [1.54, 1.807) is 0 Å². The van der Waals surface area contributed by atoms with Gasteiger partial charge in [0.25, 0.3) is 5.91 Å². The highest BCUT2D eigenvalue weighted by molar-refractivity contribution is 7.17. The van der Waals surface area contributed by atoms with Gasteiger partial charge in [0, 0.05) is 25.1 Å². The van der Waals surface area contributed by atoms with Gasteiger partial charge in [0.1, 0.15) is 12.4 Å². The van der Waals surface area contributed by atoms with Crippen LogP contribution >= 0.6 is 11.3 Å². The van der Waals surface area contributed by atoms with Gasteiger partial charge in [-0.3, -0.25) is 9.59 Å². The molecule has 29 heavy (non-hydrogen) atoms. The number of fused-ring (bicyclic) bond motifs is 2. The number of hydrogen-bond donors (Lipinski definition) is 0. The average Bonchev–Trinajstić information content (AvgIpc) is 3.35. The average molecular weight is 412 g/mol. The zero-order valence-electron chi connectivity index (χ0n) is 16.9. The quantitative estimate of drug-likeness (QED) is 0.746. The lowest BCUT2D eigenvalue weighted by Crippen LogP contribution is -2.30. The van der Waals surface area contributed by atoms with Crippen LogP contribution in [0.1, 0.15) is 58.8 Å². The van der Waals surface area contributed by atoms with E-state index in [0.29, 0.717) is 30.9 Å². The molecule has 1 saturated heterocycles. The van der Waals surface area contributed by atoms with Crippen molar-refractivity contribution in [2.45, 2.75) is 39.5 Å². The SMILES string of the molecule is CC1(C)CC(=O)c2sc(N3CCOc4cc(C(=O)N5CCCC5)ccc43)nc2C1. The minimum atomic E-state index is -0.0385. The van der Waals surface area contributed by atoms with Crippen LogP contribution in [0.3, 0.4) is 0 Å². The summed E-state index contributed by atoms with van der Waals surface area (Å²) in [5.74, 6) is 0.977. The number of rotatable bonds is 2. The number of benzene rings is 1. The number of carbonyl (C=O) groups excluding carboxylic acids is 2. The molecule has 0 bridgehead atoms. The van der Waals surface area contributed by atoms with Gasteiger partial charge < -0.3 is 14.5 Å². The Kier molecular flexibility index (Phi) is 4.38. The van der Waals surface area contributed by atoms with E-state index < -0.39 is 0 Å². The molecule has 2 aliphatic heterocycles. The summed E-state index contributed by atoms with van der Waals surface area (Å²) >= 11 is 1.48. The van der Waals surface area contributed by atoms with Crippen molar-refractivity contribution >= 4 is 33.8 Å². The molecule has 0 N–H and O–H groups in total. The van der Waals surface area contributed by atoms with Gasteiger partial charge in [-0.1, -0.05) is 25.2 Å². The number of ketones is 1. The summed E-state index contributed by atoms with van der Waals surface area (Å²) in [7, 11) is 0. The minimum absolute atomic E-state index is 0.0385. The molecule has 1 aliphatic carbocycles. The van der Waals surface area contributed by atoms with Gasteiger partial charge in [-0.05, 0) is 42.9 Å². The molecule has 0 atom stereocenters. The van der Waals surface area contributed by atoms with Crippen LogP contribution in [0.5, 0.6) is 5.75 Å². The number of likely N-dealkylation sites (tertiary alicyclic amines) is 1. The highest BCUT2D eigenvalue weighted by Crippen LogP contribution is 2.43. The number of nitrogens with zero attached hydrogens (tertiary/aromatic N) is 3. The van der Waals surface area contributed by atoms with E-state index in [1.807, 2.05) is 23.1 Å². The molecular weight excluding hydrogens is 386 g/mol. The van der Waals surface area contributed by atoms with Crippen molar-refractivity contribution in [3.05, 3.63) is 34.3 Å². The third kappa shape index (κ3) is 3.31. The number of carbonyl (C=O) groups is 2. The molecule has 152 valence electrons. The van der Waals surface area contributed by atoms with Crippen molar-refractivity contribution in [3.8, 4) is 5.75 Å². The Morgan fingerprint density at radius 1 is 1.17 bits per heavy atom. The molecule has 7 heteroatoms. The third-order valence-electron chi connectivity index (χ3n) is 5.92. The molecule has 1 fully saturated rings. The Bertz CT molecular complexity index is 991. The predicted molar refractivity (Wildman–Crippen MR) is 113 cm³/mol. The minimum Gasteiger partial charge on any atom is -0.490 e. The van der Waals surface area contributed by atoms with E-state index in [1.165, 1.54) is 11.3 Å². The maximum Gasteiger partial charge on any atom is 0.253 e. The van der Waals surface area contributed by atoms with Gasteiger partial charge >= 0.3 is 0 Å². The van der Waals surface area contributed by atoms with E-state index in [9.17, 15) is 9.59 Å². The van der Waals surface area contributed by atoms with Crippen LogP contribution in [-0.4, -0.2) is 47.8 Å². The third-order valence-corrected chi connectivity index (χ3v) is 7.08. The van der Waals surface area contributed by atoms with Crippen LogP contribution in [0.25, 0.3) is 0 Å². The Labute approximate surface area is 174 Å². The Morgan fingerprint density at radius 3 is 2.76 bits per heavy atom. The summed E-state index contributed by atoms with van der Waals surface area (Å²) in [5.41, 5.74) is 2.46. The molecule has 0 saturated carbocycles. The van der Waals surface area contributed by atoms with E-state index >= 15 is 0 Å². The molecular formula is C22H25N3O3S. The number of ether oxygens (including phenoxy) is 1. The first-order valence-electron chi connectivity index (χ1n) is 10.3. The summed E-state index contributed by atoms with van der Waals surface area (Å²) < 4.78 is 5.88. The maximum atomic E-state index is 12.7. The summed E-state index contributed by atoms with van der Waals surface area (Å²) in [6.45, 7) is 7.11. The number of Topliss-reactive ketones (excluding diaryl/α,β-unsaturated/α-hetero) is 1. The lowest BCUT2D eigenvalue weighted by molar-refractivity contribution is 0.0791. The normalized spacial score (nSPS) is 20.3. The fourth-order valence-electron chi connectivity index (χ4n) is 4.48. The van der Waals surface area contributed by atoms with Crippen LogP contribution in [-0.2, 0) is 6.42 Å². The highest BCUT2D eigenvalue weighted by atomic mass is 32.1. The summed E-state index contributed by atoms with van der Waals surface area (Å²) in [6, 6.07) is 5.68. The van der Waals surface area contributed by atoms with Crippen LogP contribution in [0.15, 0.2) is 18.2 Å². The first-order chi connectivity index (χ1) is 13.9. The lowest BCUT2D eigenvalue weighted by atomic mass is 9.78. The number of aromatic nitrogens is 1. The first kappa shape index (κ1) is 18.6. The first-order valence-corrected chi connectivity index (χ1v) is 11.1. The van der Waals surface area contributed by atoms with Gasteiger partial charge in [0.05, 0.1) is 22.8 Å². The van der Waals surface area contributed by atoms with E-state index in [0.717, 1.165) is 53.7 Å². The summed E-state index contributed by atoms with van der Waals surface area (Å²) in [5, 5.41) is 0.837. The van der Waals surface area contributed by atoms with Gasteiger partial charge in [0.15, 0.2) is 10.9 Å². The molecule has 1 aromatic heterocycles. The van der Waals surface area contributed by atoms with E-state index in [-0.39, 0.29) is 17.1 Å². The molecule has 0 radical (unpaired) electrons. The molecule has 0 spiro atoms. The van der Waals surface area contributed by atoms with Crippen molar-refractivity contribution < 1.29 is 14.3 Å². The zero-order valence-corrected chi connectivity index (χ0v) is 17.7. The topological polar surface area (TPSA) is 62.7 Å². The summed E-state index contributed by atoms with van der Waals surface area (Å²) in [6.07, 6.45) is 3.55. The van der Waals surface area contributed by atoms with Gasteiger partial charge in [-0.2, -0.15) is 0 Å². The molecule has 3 aliphatic rings. The number of amides is 1. The molecule has 3 heterocycles. The Morgan fingerprint density at radius 2 is 1.97 bits per heavy atom. The Balaban J connectivity index is 1.46. The molecule has 2 aromatic rings. The highest BCUT2D eigenvalue weighted by Gasteiger charge is 2.35. The van der Waals surface area contributed by atoms with E-state index in [2.05, 4.69) is 18.7 Å². The standard InChI is InChI=1S/C22H25N3O3S/c1-22(2)12-15-19(17(26)13-22)29-21(23-15)25-9-10-28-18-11-14(5-6-16(18)25)20(27)24-7-3-4-8-24/h5-6,11H,3-4,7-10,12-13H2,1-2H3. The number of thiazole rings is 1. The monoisotopic (exact) mass is 411 g/mol. The van der Waals surface area contributed by atoms with Crippen LogP contribution in [0, 0.1) is 5.41 Å². The van der Waals surface area contributed by atoms with Gasteiger partial charge in [-0.15, -0.1) is 0 Å². The van der Waals surface area contributed by atoms with Crippen LogP contribution < -0.4 is 9.64 Å². The van der Waals surface area contributed by atoms with Crippen LogP contribution in [0.2, 0.25) is 0 Å². The van der Waals surface area contributed by atoms with Crippen molar-refractivity contribution in [2.75, 3.05) is 31.1 Å². The lowest BCUT2D eigenvalue weighted by Gasteiger charge is -2.29. The van der Waals surface area contributed by atoms with Crippen molar-refractivity contribution in [1.82, 2.24) is 9.88 Å². The van der Waals surface area contributed by atoms with Crippen molar-refractivity contribution in [3.63, 3.8) is 0 Å². The van der Waals surface area contributed by atoms with Crippen molar-refractivity contribution in [2.24, 2.45) is 5.41 Å². The summed E-state index contributed by atoms with van der Waals surface area (Å²) in [4.78, 5) is 35.0. The molecule has 0 unspecified atom stereocenters.